The second-order valence-electron chi connectivity index (χ2n) is 9.45. The molecule has 1 aliphatic heterocycles. The Morgan fingerprint density at radius 1 is 1.00 bits per heavy atom. The zero-order valence-electron chi connectivity index (χ0n) is 19.8. The smallest absolute Gasteiger partial charge is 0.165 e. The molecule has 3 aromatic rings. The Hall–Kier alpha value is -2.72. The van der Waals surface area contributed by atoms with Gasteiger partial charge in [-0.15, -0.1) is 0 Å². The minimum atomic E-state index is -1.46. The SMILES string of the molecule is OC[C@H]1O[C@@H](C2=CC=C(Cl)C(Cc3ccc(OCc4cc5ccccc5o4)c(F)c3)C2)[C@H](O)[C@@H](O)[C@@H]1O. The first kappa shape index (κ1) is 25.9. The quantitative estimate of drug-likeness (QED) is 0.369. The third-order valence-electron chi connectivity index (χ3n) is 6.91. The van der Waals surface area contributed by atoms with E-state index in [9.17, 15) is 24.8 Å². The van der Waals surface area contributed by atoms with Gasteiger partial charge in [-0.3, -0.25) is 0 Å². The lowest BCUT2D eigenvalue weighted by Gasteiger charge is -2.42. The normalized spacial score (nSPS) is 28.2. The van der Waals surface area contributed by atoms with Crippen LogP contribution in [-0.2, 0) is 17.8 Å². The van der Waals surface area contributed by atoms with Crippen LogP contribution in [0.4, 0.5) is 4.39 Å². The molecular weight excluding hydrogens is 503 g/mol. The molecule has 0 spiro atoms. The van der Waals surface area contributed by atoms with Crippen LogP contribution in [0, 0.1) is 11.7 Å². The van der Waals surface area contributed by atoms with Gasteiger partial charge in [-0.05, 0) is 54.3 Å². The lowest BCUT2D eigenvalue weighted by molar-refractivity contribution is -0.220. The molecule has 0 amide bonds. The second-order valence-corrected chi connectivity index (χ2v) is 9.89. The maximum atomic E-state index is 14.8. The summed E-state index contributed by atoms with van der Waals surface area (Å²) in [6.45, 7) is -0.409. The molecule has 0 saturated carbocycles. The van der Waals surface area contributed by atoms with Gasteiger partial charge in [0, 0.05) is 16.3 Å². The molecule has 6 atom stereocenters. The van der Waals surface area contributed by atoms with Gasteiger partial charge in [0.15, 0.2) is 11.6 Å². The van der Waals surface area contributed by atoms with Crippen molar-refractivity contribution in [3.05, 3.63) is 88.4 Å². The number of hydrogen-bond donors (Lipinski definition) is 4. The van der Waals surface area contributed by atoms with E-state index in [1.54, 1.807) is 24.3 Å². The molecular formula is C28H28ClFO7. The molecule has 2 heterocycles. The molecule has 0 bridgehead atoms. The van der Waals surface area contributed by atoms with Crippen molar-refractivity contribution in [1.82, 2.24) is 0 Å². The average Bonchev–Trinajstić information content (AvgIpc) is 3.31. The molecule has 1 unspecified atom stereocenters. The lowest BCUT2D eigenvalue weighted by atomic mass is 9.82. The molecule has 196 valence electrons. The van der Waals surface area contributed by atoms with Gasteiger partial charge >= 0.3 is 0 Å². The fourth-order valence-electron chi connectivity index (χ4n) is 4.89. The Bertz CT molecular complexity index is 1280. The van der Waals surface area contributed by atoms with Crippen molar-refractivity contribution in [1.29, 1.82) is 0 Å². The second kappa shape index (κ2) is 10.9. The number of para-hydroxylation sites is 1. The molecule has 1 fully saturated rings. The Labute approximate surface area is 218 Å². The van der Waals surface area contributed by atoms with E-state index >= 15 is 0 Å². The largest absolute Gasteiger partial charge is 0.483 e. The van der Waals surface area contributed by atoms with Gasteiger partial charge in [0.1, 0.15) is 48.5 Å². The first-order valence-corrected chi connectivity index (χ1v) is 12.5. The van der Waals surface area contributed by atoms with Crippen LogP contribution in [0.5, 0.6) is 5.75 Å². The predicted molar refractivity (Wildman–Crippen MR) is 135 cm³/mol. The molecule has 1 aromatic heterocycles. The predicted octanol–water partition coefficient (Wildman–Crippen LogP) is 3.60. The van der Waals surface area contributed by atoms with E-state index < -0.39 is 42.9 Å². The summed E-state index contributed by atoms with van der Waals surface area (Å²) in [7, 11) is 0. The van der Waals surface area contributed by atoms with E-state index in [4.69, 9.17) is 25.5 Å². The van der Waals surface area contributed by atoms with Crippen molar-refractivity contribution in [2.45, 2.75) is 50.0 Å². The molecule has 0 radical (unpaired) electrons. The number of aliphatic hydroxyl groups excluding tert-OH is 4. The van der Waals surface area contributed by atoms with Crippen molar-refractivity contribution < 1.29 is 38.7 Å². The van der Waals surface area contributed by atoms with Crippen molar-refractivity contribution in [3.63, 3.8) is 0 Å². The summed E-state index contributed by atoms with van der Waals surface area (Å²) in [6.07, 6.45) is -1.95. The van der Waals surface area contributed by atoms with Gasteiger partial charge in [0.2, 0.25) is 0 Å². The summed E-state index contributed by atoms with van der Waals surface area (Å²) in [5.41, 5.74) is 2.12. The summed E-state index contributed by atoms with van der Waals surface area (Å²) >= 11 is 6.46. The minimum Gasteiger partial charge on any atom is -0.483 e. The van der Waals surface area contributed by atoms with Crippen molar-refractivity contribution in [3.8, 4) is 5.75 Å². The topological polar surface area (TPSA) is 113 Å². The van der Waals surface area contributed by atoms with Gasteiger partial charge in [0.25, 0.3) is 0 Å². The maximum absolute atomic E-state index is 14.8. The van der Waals surface area contributed by atoms with Gasteiger partial charge < -0.3 is 34.3 Å². The number of fused-ring (bicyclic) bond motifs is 1. The summed E-state index contributed by atoms with van der Waals surface area (Å²) in [4.78, 5) is 0. The highest BCUT2D eigenvalue weighted by molar-refractivity contribution is 6.30. The van der Waals surface area contributed by atoms with Crippen LogP contribution >= 0.6 is 11.6 Å². The summed E-state index contributed by atoms with van der Waals surface area (Å²) < 4.78 is 31.9. The molecule has 1 aliphatic carbocycles. The Morgan fingerprint density at radius 2 is 1.81 bits per heavy atom. The van der Waals surface area contributed by atoms with Crippen LogP contribution < -0.4 is 4.74 Å². The first-order chi connectivity index (χ1) is 17.8. The maximum Gasteiger partial charge on any atom is 0.165 e. The number of allylic oxidation sites excluding steroid dienone is 3. The Morgan fingerprint density at radius 3 is 2.57 bits per heavy atom. The summed E-state index contributed by atoms with van der Waals surface area (Å²) in [5, 5.41) is 41.7. The highest BCUT2D eigenvalue weighted by atomic mass is 35.5. The fourth-order valence-corrected chi connectivity index (χ4v) is 5.11. The average molecular weight is 531 g/mol. The Balaban J connectivity index is 1.23. The molecule has 2 aliphatic rings. The van der Waals surface area contributed by atoms with E-state index in [2.05, 4.69) is 0 Å². The van der Waals surface area contributed by atoms with E-state index in [0.717, 1.165) is 11.0 Å². The first-order valence-electron chi connectivity index (χ1n) is 12.1. The number of hydrogen-bond acceptors (Lipinski definition) is 7. The van der Waals surface area contributed by atoms with Gasteiger partial charge in [0.05, 0.1) is 6.61 Å². The third-order valence-corrected chi connectivity index (χ3v) is 7.35. The van der Waals surface area contributed by atoms with Gasteiger partial charge in [-0.25, -0.2) is 4.39 Å². The molecule has 4 N–H and O–H groups in total. The molecule has 2 aromatic carbocycles. The van der Waals surface area contributed by atoms with E-state index in [1.165, 1.54) is 6.07 Å². The van der Waals surface area contributed by atoms with Crippen LogP contribution in [0.15, 0.2) is 75.7 Å². The van der Waals surface area contributed by atoms with Gasteiger partial charge in [-0.2, -0.15) is 0 Å². The molecule has 1 saturated heterocycles. The number of rotatable bonds is 7. The number of benzene rings is 2. The van der Waals surface area contributed by atoms with Crippen LogP contribution in [0.3, 0.4) is 0 Å². The van der Waals surface area contributed by atoms with E-state index in [0.29, 0.717) is 34.8 Å². The number of furan rings is 1. The zero-order valence-corrected chi connectivity index (χ0v) is 20.6. The van der Waals surface area contributed by atoms with Crippen LogP contribution in [0.25, 0.3) is 11.0 Å². The monoisotopic (exact) mass is 530 g/mol. The van der Waals surface area contributed by atoms with Gasteiger partial charge in [-0.1, -0.05) is 41.9 Å². The number of ether oxygens (including phenoxy) is 2. The van der Waals surface area contributed by atoms with Crippen LogP contribution in [0.1, 0.15) is 17.7 Å². The highest BCUT2D eigenvalue weighted by Crippen LogP contribution is 2.37. The Kier molecular flexibility index (Phi) is 7.67. The van der Waals surface area contributed by atoms with E-state index in [1.807, 2.05) is 30.3 Å². The summed E-state index contributed by atoms with van der Waals surface area (Å²) in [6, 6.07) is 14.2. The fraction of sp³-hybridized carbons (Fsp3) is 0.357. The summed E-state index contributed by atoms with van der Waals surface area (Å²) in [5.74, 6) is -0.0160. The van der Waals surface area contributed by atoms with Crippen molar-refractivity contribution in [2.75, 3.05) is 6.61 Å². The standard InChI is InChI=1S/C28H28ClFO7/c29-20-7-6-17(28-27(34)26(33)25(32)24(13-31)37-28)11-18(20)9-15-5-8-23(21(30)10-15)35-14-19-12-16-3-1-2-4-22(16)36-19/h1-8,10,12,18,24-28,31-34H,9,11,13-14H2/t18?,24-,25-,26+,27-,28+/m1/s1. The van der Waals surface area contributed by atoms with Crippen LogP contribution in [0.2, 0.25) is 0 Å². The third kappa shape index (κ3) is 5.45. The minimum absolute atomic E-state index is 0.0926. The highest BCUT2D eigenvalue weighted by Gasteiger charge is 2.45. The molecule has 37 heavy (non-hydrogen) atoms. The number of halogens is 2. The molecule has 5 rings (SSSR count). The lowest BCUT2D eigenvalue weighted by Crippen LogP contribution is -2.59. The zero-order chi connectivity index (χ0) is 26.1. The number of aliphatic hydroxyl groups is 4. The molecule has 9 heteroatoms. The van der Waals surface area contributed by atoms with E-state index in [-0.39, 0.29) is 18.3 Å². The van der Waals surface area contributed by atoms with Crippen molar-refractivity contribution in [2.24, 2.45) is 5.92 Å². The van der Waals surface area contributed by atoms with Crippen LogP contribution in [-0.4, -0.2) is 57.6 Å². The van der Waals surface area contributed by atoms with Crippen molar-refractivity contribution >= 4 is 22.6 Å². The molecule has 7 nitrogen and oxygen atoms in total.